The van der Waals surface area contributed by atoms with Crippen LogP contribution in [0.15, 0.2) is 60.7 Å². The molecule has 8 heteroatoms. The first-order chi connectivity index (χ1) is 17.7. The molecule has 0 aliphatic heterocycles. The second-order valence-electron chi connectivity index (χ2n) is 9.18. The van der Waals surface area contributed by atoms with Crippen molar-refractivity contribution in [3.8, 4) is 0 Å². The highest BCUT2D eigenvalue weighted by molar-refractivity contribution is 6.04. The minimum absolute atomic E-state index is 0.0686. The number of primary amides is 1. The van der Waals surface area contributed by atoms with E-state index < -0.39 is 5.91 Å². The second-order valence-corrected chi connectivity index (χ2v) is 9.18. The molecule has 190 valence electrons. The summed E-state index contributed by atoms with van der Waals surface area (Å²) < 4.78 is 0. The van der Waals surface area contributed by atoms with E-state index in [0.29, 0.717) is 41.3 Å². The number of carbonyl (C=O) groups excluding carboxylic acids is 2. The summed E-state index contributed by atoms with van der Waals surface area (Å²) in [6, 6.07) is 18.4. The fourth-order valence-electron chi connectivity index (χ4n) is 4.19. The summed E-state index contributed by atoms with van der Waals surface area (Å²) in [5, 5.41) is 22.5. The number of anilines is 2. The van der Waals surface area contributed by atoms with Crippen LogP contribution in [0.3, 0.4) is 0 Å². The number of carbonyl (C=O) groups is 2. The van der Waals surface area contributed by atoms with Gasteiger partial charge in [0.05, 0.1) is 12.3 Å². The van der Waals surface area contributed by atoms with Crippen molar-refractivity contribution in [2.24, 2.45) is 5.73 Å². The molecule has 0 unspecified atom stereocenters. The molecule has 1 aromatic heterocycles. The first kappa shape index (κ1) is 25.7. The number of hydrogen-bond donors (Lipinski definition) is 5. The molecule has 0 aliphatic rings. The number of aliphatic hydroxyl groups is 1. The Hall–Kier alpha value is -4.43. The molecule has 0 bridgehead atoms. The van der Waals surface area contributed by atoms with Crippen LogP contribution in [0.25, 0.3) is 0 Å². The highest BCUT2D eigenvalue weighted by Gasteiger charge is 2.19. The molecular weight excluding hydrogens is 466 g/mol. The molecule has 37 heavy (non-hydrogen) atoms. The van der Waals surface area contributed by atoms with Crippen molar-refractivity contribution in [3.05, 3.63) is 111 Å². The molecule has 1 heterocycles. The largest absolute Gasteiger partial charge is 0.392 e. The Bertz CT molecular complexity index is 1400. The zero-order valence-corrected chi connectivity index (χ0v) is 21.2. The standard InChI is InChI=1S/C29H31N5O3/c1-17-12-22(13-18(2)19(17)3)15-31-28-26(27(30)36)25(33-34-28)14-20-6-10-24(11-7-20)32-29(37)23-8-4-21(16-35)5-9-23/h4-13,35H,14-16H2,1-3H3,(H2,30,36)(H,32,37)(H2,31,33,34). The average Bonchev–Trinajstić information content (AvgIpc) is 3.29. The molecule has 0 saturated carbocycles. The number of aromatic amines is 1. The summed E-state index contributed by atoms with van der Waals surface area (Å²) in [6.45, 7) is 6.72. The third-order valence-corrected chi connectivity index (χ3v) is 6.53. The van der Waals surface area contributed by atoms with Crippen molar-refractivity contribution in [3.63, 3.8) is 0 Å². The summed E-state index contributed by atoms with van der Waals surface area (Å²) in [7, 11) is 0. The van der Waals surface area contributed by atoms with Crippen LogP contribution in [0.4, 0.5) is 11.5 Å². The van der Waals surface area contributed by atoms with Crippen LogP contribution in [0.1, 0.15) is 59.8 Å². The number of nitrogens with zero attached hydrogens (tertiary/aromatic N) is 1. The quantitative estimate of drug-likeness (QED) is 0.234. The Labute approximate surface area is 215 Å². The first-order valence-electron chi connectivity index (χ1n) is 12.0. The van der Waals surface area contributed by atoms with Gasteiger partial charge < -0.3 is 21.5 Å². The lowest BCUT2D eigenvalue weighted by Gasteiger charge is -2.10. The van der Waals surface area contributed by atoms with E-state index in [-0.39, 0.29) is 12.5 Å². The predicted molar refractivity (Wildman–Crippen MR) is 145 cm³/mol. The molecule has 0 spiro atoms. The van der Waals surface area contributed by atoms with E-state index in [0.717, 1.165) is 16.7 Å². The van der Waals surface area contributed by atoms with Crippen LogP contribution in [0.2, 0.25) is 0 Å². The summed E-state index contributed by atoms with van der Waals surface area (Å²) in [5.74, 6) is -0.371. The maximum Gasteiger partial charge on any atom is 0.255 e. The van der Waals surface area contributed by atoms with Crippen molar-refractivity contribution >= 4 is 23.3 Å². The summed E-state index contributed by atoms with van der Waals surface area (Å²) in [4.78, 5) is 24.8. The van der Waals surface area contributed by atoms with Gasteiger partial charge in [0, 0.05) is 24.2 Å². The zero-order chi connectivity index (χ0) is 26.5. The van der Waals surface area contributed by atoms with Crippen molar-refractivity contribution in [2.75, 3.05) is 10.6 Å². The van der Waals surface area contributed by atoms with Gasteiger partial charge in [0.25, 0.3) is 11.8 Å². The molecule has 0 radical (unpaired) electrons. The Balaban J connectivity index is 1.43. The van der Waals surface area contributed by atoms with Gasteiger partial charge in [-0.2, -0.15) is 5.10 Å². The van der Waals surface area contributed by atoms with E-state index in [9.17, 15) is 9.59 Å². The lowest BCUT2D eigenvalue weighted by Crippen LogP contribution is -2.15. The SMILES string of the molecule is Cc1cc(CNc2n[nH]c(Cc3ccc(NC(=O)c4ccc(CO)cc4)cc3)c2C(N)=O)cc(C)c1C. The number of aromatic nitrogens is 2. The molecule has 3 aromatic carbocycles. The fraction of sp³-hybridized carbons (Fsp3) is 0.207. The lowest BCUT2D eigenvalue weighted by molar-refractivity contribution is 0.0997. The minimum atomic E-state index is -0.557. The van der Waals surface area contributed by atoms with E-state index in [4.69, 9.17) is 10.8 Å². The van der Waals surface area contributed by atoms with E-state index in [1.54, 1.807) is 36.4 Å². The van der Waals surface area contributed by atoms with Crippen LogP contribution in [0, 0.1) is 20.8 Å². The van der Waals surface area contributed by atoms with Crippen molar-refractivity contribution in [2.45, 2.75) is 40.3 Å². The number of hydrogen-bond acceptors (Lipinski definition) is 5. The molecular formula is C29H31N5O3. The summed E-state index contributed by atoms with van der Waals surface area (Å²) in [6.07, 6.45) is 0.423. The molecule has 0 atom stereocenters. The molecule has 2 amide bonds. The number of nitrogens with two attached hydrogens (primary N) is 1. The van der Waals surface area contributed by atoms with Crippen LogP contribution >= 0.6 is 0 Å². The van der Waals surface area contributed by atoms with E-state index in [1.165, 1.54) is 16.7 Å². The molecule has 6 N–H and O–H groups in total. The Morgan fingerprint density at radius 1 is 0.919 bits per heavy atom. The number of amides is 2. The first-order valence-corrected chi connectivity index (χ1v) is 12.0. The highest BCUT2D eigenvalue weighted by atomic mass is 16.3. The van der Waals surface area contributed by atoms with Gasteiger partial charge in [-0.3, -0.25) is 14.7 Å². The number of aliphatic hydroxyl groups excluding tert-OH is 1. The molecule has 8 nitrogen and oxygen atoms in total. The number of benzene rings is 3. The zero-order valence-electron chi connectivity index (χ0n) is 21.2. The summed E-state index contributed by atoms with van der Waals surface area (Å²) in [5.41, 5.74) is 14.3. The van der Waals surface area contributed by atoms with Crippen molar-refractivity contribution in [1.82, 2.24) is 10.2 Å². The molecule has 4 aromatic rings. The van der Waals surface area contributed by atoms with Crippen molar-refractivity contribution < 1.29 is 14.7 Å². The number of aryl methyl sites for hydroxylation is 2. The van der Waals surface area contributed by atoms with Gasteiger partial charge in [0.1, 0.15) is 5.56 Å². The Morgan fingerprint density at radius 2 is 1.54 bits per heavy atom. The van der Waals surface area contributed by atoms with Crippen LogP contribution in [-0.2, 0) is 19.6 Å². The predicted octanol–water partition coefficient (Wildman–Crippen LogP) is 4.38. The van der Waals surface area contributed by atoms with E-state index >= 15 is 0 Å². The smallest absolute Gasteiger partial charge is 0.255 e. The van der Waals surface area contributed by atoms with Crippen molar-refractivity contribution in [1.29, 1.82) is 0 Å². The van der Waals surface area contributed by atoms with E-state index in [1.807, 2.05) is 12.1 Å². The summed E-state index contributed by atoms with van der Waals surface area (Å²) >= 11 is 0. The highest BCUT2D eigenvalue weighted by Crippen LogP contribution is 2.22. The van der Waals surface area contributed by atoms with Gasteiger partial charge in [-0.05, 0) is 78.4 Å². The lowest BCUT2D eigenvalue weighted by atomic mass is 10.0. The second kappa shape index (κ2) is 11.1. The number of rotatable bonds is 9. The maximum atomic E-state index is 12.5. The third kappa shape index (κ3) is 6.05. The number of H-pyrrole nitrogens is 1. The average molecular weight is 498 g/mol. The van der Waals surface area contributed by atoms with Gasteiger partial charge in [-0.15, -0.1) is 0 Å². The van der Waals surface area contributed by atoms with Gasteiger partial charge in [-0.1, -0.05) is 36.4 Å². The van der Waals surface area contributed by atoms with E-state index in [2.05, 4.69) is 53.7 Å². The van der Waals surface area contributed by atoms with Gasteiger partial charge in [0.15, 0.2) is 5.82 Å². The van der Waals surface area contributed by atoms with Gasteiger partial charge in [0.2, 0.25) is 0 Å². The topological polar surface area (TPSA) is 133 Å². The minimum Gasteiger partial charge on any atom is -0.392 e. The van der Waals surface area contributed by atoms with Crippen LogP contribution in [-0.4, -0.2) is 27.1 Å². The van der Waals surface area contributed by atoms with Crippen LogP contribution in [0.5, 0.6) is 0 Å². The molecule has 0 saturated heterocycles. The number of nitrogens with one attached hydrogen (secondary N) is 3. The van der Waals surface area contributed by atoms with Gasteiger partial charge >= 0.3 is 0 Å². The Morgan fingerprint density at radius 3 is 2.14 bits per heavy atom. The fourth-order valence-corrected chi connectivity index (χ4v) is 4.19. The van der Waals surface area contributed by atoms with Gasteiger partial charge in [-0.25, -0.2) is 0 Å². The maximum absolute atomic E-state index is 12.5. The molecule has 0 fully saturated rings. The molecule has 0 aliphatic carbocycles. The Kier molecular flexibility index (Phi) is 7.69. The molecule has 4 rings (SSSR count). The van der Waals surface area contributed by atoms with Crippen LogP contribution < -0.4 is 16.4 Å². The third-order valence-electron chi connectivity index (χ3n) is 6.53. The normalized spacial score (nSPS) is 10.8. The monoisotopic (exact) mass is 497 g/mol.